The molecule has 0 bridgehead atoms. The number of phenols is 1. The van der Waals surface area contributed by atoms with Crippen LogP contribution >= 0.6 is 31.9 Å². The molecule has 0 spiro atoms. The number of aromatic nitrogens is 1. The zero-order chi connectivity index (χ0) is 22.0. The fourth-order valence-corrected chi connectivity index (χ4v) is 4.17. The minimum Gasteiger partial charge on any atom is -0.506 e. The molecule has 0 aliphatic heterocycles. The summed E-state index contributed by atoms with van der Waals surface area (Å²) in [6, 6.07) is 11.2. The van der Waals surface area contributed by atoms with Crippen molar-refractivity contribution >= 4 is 49.7 Å². The number of hydrazone groups is 1. The van der Waals surface area contributed by atoms with Crippen LogP contribution in [0.25, 0.3) is 5.69 Å². The summed E-state index contributed by atoms with van der Waals surface area (Å²) >= 11 is 6.37. The number of non-ortho nitro benzene ring substituents is 1. The van der Waals surface area contributed by atoms with Crippen molar-refractivity contribution in [2.75, 3.05) is 0 Å². The molecule has 0 radical (unpaired) electrons. The van der Waals surface area contributed by atoms with Crippen molar-refractivity contribution < 1.29 is 14.8 Å². The first-order valence-corrected chi connectivity index (χ1v) is 10.2. The van der Waals surface area contributed by atoms with Gasteiger partial charge in [0.2, 0.25) is 0 Å². The van der Waals surface area contributed by atoms with Crippen molar-refractivity contribution in [1.82, 2.24) is 9.99 Å². The van der Waals surface area contributed by atoms with Gasteiger partial charge in [-0.25, -0.2) is 5.43 Å². The van der Waals surface area contributed by atoms with Gasteiger partial charge in [0, 0.05) is 34.6 Å². The van der Waals surface area contributed by atoms with Gasteiger partial charge in [-0.05, 0) is 70.0 Å². The Balaban J connectivity index is 1.82. The Labute approximate surface area is 188 Å². The summed E-state index contributed by atoms with van der Waals surface area (Å²) < 4.78 is 2.64. The number of nitro benzene ring substituents is 1. The molecule has 30 heavy (non-hydrogen) atoms. The van der Waals surface area contributed by atoms with Crippen LogP contribution < -0.4 is 5.43 Å². The molecular weight excluding hydrogens is 520 g/mol. The first kappa shape index (κ1) is 21.7. The molecule has 3 aromatic rings. The average molecular weight is 536 g/mol. The number of carbonyl (C=O) groups is 1. The first-order chi connectivity index (χ1) is 14.2. The maximum atomic E-state index is 12.3. The Kier molecular flexibility index (Phi) is 6.37. The fraction of sp³-hybridized carbons (Fsp3) is 0.100. The maximum absolute atomic E-state index is 12.3. The van der Waals surface area contributed by atoms with Gasteiger partial charge < -0.3 is 9.67 Å². The Bertz CT molecular complexity index is 1160. The Hall–Kier alpha value is -2.98. The van der Waals surface area contributed by atoms with E-state index in [0.29, 0.717) is 20.2 Å². The molecule has 8 nitrogen and oxygen atoms in total. The second-order valence-corrected chi connectivity index (χ2v) is 8.14. The number of aromatic hydroxyl groups is 1. The zero-order valence-corrected chi connectivity index (χ0v) is 19.1. The van der Waals surface area contributed by atoms with Gasteiger partial charge in [-0.1, -0.05) is 6.07 Å². The third kappa shape index (κ3) is 4.44. The molecule has 0 saturated carbocycles. The number of rotatable bonds is 5. The van der Waals surface area contributed by atoms with Crippen molar-refractivity contribution in [2.24, 2.45) is 5.10 Å². The van der Waals surface area contributed by atoms with Crippen LogP contribution in [0.15, 0.2) is 56.5 Å². The van der Waals surface area contributed by atoms with Crippen LogP contribution in [0.3, 0.4) is 0 Å². The van der Waals surface area contributed by atoms with Crippen molar-refractivity contribution in [3.05, 3.63) is 84.0 Å². The number of amides is 1. The monoisotopic (exact) mass is 534 g/mol. The number of nitrogens with one attached hydrogen (secondary N) is 1. The SMILES string of the molecule is Cc1cc(/C=N/NC(=O)c2cc(Br)c(O)c(Br)c2)c(C)n1-c1cccc([N+](=O)[O-])c1. The van der Waals surface area contributed by atoms with Crippen LogP contribution in [0, 0.1) is 24.0 Å². The summed E-state index contributed by atoms with van der Waals surface area (Å²) in [6.45, 7) is 3.75. The van der Waals surface area contributed by atoms with Crippen LogP contribution in [0.4, 0.5) is 5.69 Å². The highest BCUT2D eigenvalue weighted by atomic mass is 79.9. The van der Waals surface area contributed by atoms with E-state index in [0.717, 1.165) is 17.0 Å². The van der Waals surface area contributed by atoms with Gasteiger partial charge in [0.15, 0.2) is 0 Å². The molecule has 1 heterocycles. The average Bonchev–Trinajstić information content (AvgIpc) is 2.98. The summed E-state index contributed by atoms with van der Waals surface area (Å²) in [7, 11) is 0. The molecule has 0 saturated heterocycles. The minimum atomic E-state index is -0.444. The lowest BCUT2D eigenvalue weighted by atomic mass is 10.2. The summed E-state index contributed by atoms with van der Waals surface area (Å²) in [5.74, 6) is -0.441. The number of carbonyl (C=O) groups excluding carboxylic acids is 1. The number of benzene rings is 2. The molecule has 0 aliphatic rings. The topological polar surface area (TPSA) is 110 Å². The van der Waals surface area contributed by atoms with Crippen LogP contribution in [0.1, 0.15) is 27.3 Å². The quantitative estimate of drug-likeness (QED) is 0.272. The molecule has 0 aliphatic carbocycles. The number of phenolic OH excluding ortho intramolecular Hbond substituents is 1. The molecule has 0 unspecified atom stereocenters. The third-order valence-electron chi connectivity index (χ3n) is 4.42. The lowest BCUT2D eigenvalue weighted by Crippen LogP contribution is -2.17. The van der Waals surface area contributed by atoms with Gasteiger partial charge in [0.1, 0.15) is 5.75 Å². The van der Waals surface area contributed by atoms with Gasteiger partial charge in [-0.2, -0.15) is 5.10 Å². The third-order valence-corrected chi connectivity index (χ3v) is 5.63. The Morgan fingerprint density at radius 3 is 2.50 bits per heavy atom. The summed E-state index contributed by atoms with van der Waals surface area (Å²) in [5.41, 5.74) is 5.88. The van der Waals surface area contributed by atoms with Crippen molar-refractivity contribution in [1.29, 1.82) is 0 Å². The molecule has 1 amide bonds. The minimum absolute atomic E-state index is 0.00337. The molecule has 0 atom stereocenters. The lowest BCUT2D eigenvalue weighted by Gasteiger charge is -2.09. The molecular formula is C20H16Br2N4O4. The van der Waals surface area contributed by atoms with Crippen LogP contribution in [-0.2, 0) is 0 Å². The van der Waals surface area contributed by atoms with E-state index >= 15 is 0 Å². The predicted octanol–water partition coefficient (Wildman–Crippen LogP) is 5.00. The highest BCUT2D eigenvalue weighted by Crippen LogP contribution is 2.33. The summed E-state index contributed by atoms with van der Waals surface area (Å²) in [6.07, 6.45) is 1.51. The van der Waals surface area contributed by atoms with Crippen LogP contribution in [0.5, 0.6) is 5.75 Å². The number of halogens is 2. The lowest BCUT2D eigenvalue weighted by molar-refractivity contribution is -0.384. The van der Waals surface area contributed by atoms with E-state index in [1.54, 1.807) is 12.1 Å². The van der Waals surface area contributed by atoms with E-state index in [9.17, 15) is 20.0 Å². The number of hydrogen-bond acceptors (Lipinski definition) is 5. The number of hydrogen-bond donors (Lipinski definition) is 2. The van der Waals surface area contributed by atoms with E-state index in [1.165, 1.54) is 30.5 Å². The second kappa shape index (κ2) is 8.80. The number of nitrogens with zero attached hydrogens (tertiary/aromatic N) is 3. The van der Waals surface area contributed by atoms with Crippen molar-refractivity contribution in [2.45, 2.75) is 13.8 Å². The highest BCUT2D eigenvalue weighted by Gasteiger charge is 2.14. The van der Waals surface area contributed by atoms with Gasteiger partial charge in [-0.3, -0.25) is 14.9 Å². The molecule has 2 aromatic carbocycles. The maximum Gasteiger partial charge on any atom is 0.271 e. The van der Waals surface area contributed by atoms with E-state index in [1.807, 2.05) is 24.5 Å². The van der Waals surface area contributed by atoms with E-state index < -0.39 is 10.8 Å². The van der Waals surface area contributed by atoms with E-state index in [4.69, 9.17) is 0 Å². The molecule has 1 aromatic heterocycles. The van der Waals surface area contributed by atoms with Gasteiger partial charge in [0.05, 0.1) is 25.8 Å². The van der Waals surface area contributed by atoms with Crippen LogP contribution in [-0.4, -0.2) is 26.7 Å². The zero-order valence-electron chi connectivity index (χ0n) is 15.9. The summed E-state index contributed by atoms with van der Waals surface area (Å²) in [4.78, 5) is 22.9. The first-order valence-electron chi connectivity index (χ1n) is 8.64. The second-order valence-electron chi connectivity index (χ2n) is 6.43. The number of aryl methyl sites for hydroxylation is 1. The Morgan fingerprint density at radius 1 is 1.20 bits per heavy atom. The van der Waals surface area contributed by atoms with Crippen molar-refractivity contribution in [3.8, 4) is 11.4 Å². The van der Waals surface area contributed by atoms with Gasteiger partial charge in [-0.15, -0.1) is 0 Å². The van der Waals surface area contributed by atoms with Crippen LogP contribution in [0.2, 0.25) is 0 Å². The van der Waals surface area contributed by atoms with Crippen molar-refractivity contribution in [3.63, 3.8) is 0 Å². The summed E-state index contributed by atoms with van der Waals surface area (Å²) in [5, 5.41) is 24.8. The molecule has 0 fully saturated rings. The largest absolute Gasteiger partial charge is 0.506 e. The highest BCUT2D eigenvalue weighted by molar-refractivity contribution is 9.11. The normalized spacial score (nSPS) is 11.1. The number of nitro groups is 1. The molecule has 2 N–H and O–H groups in total. The fourth-order valence-electron chi connectivity index (χ4n) is 2.98. The molecule has 10 heteroatoms. The smallest absolute Gasteiger partial charge is 0.271 e. The standard InChI is InChI=1S/C20H16Br2N4O4/c1-11-6-14(12(2)25(11)15-4-3-5-16(9-15)26(29)30)10-23-24-20(28)13-7-17(21)19(27)18(22)8-13/h3-10,27H,1-2H3,(H,24,28)/b23-10+. The predicted molar refractivity (Wildman–Crippen MR) is 120 cm³/mol. The van der Waals surface area contributed by atoms with Gasteiger partial charge >= 0.3 is 0 Å². The van der Waals surface area contributed by atoms with Gasteiger partial charge in [0.25, 0.3) is 11.6 Å². The van der Waals surface area contributed by atoms with E-state index in [-0.39, 0.29) is 11.4 Å². The molecule has 154 valence electrons. The molecule has 3 rings (SSSR count). The Morgan fingerprint density at radius 2 is 1.87 bits per heavy atom. The van der Waals surface area contributed by atoms with E-state index in [2.05, 4.69) is 42.4 Å².